The predicted molar refractivity (Wildman–Crippen MR) is 84.0 cm³/mol. The van der Waals surface area contributed by atoms with Crippen LogP contribution < -0.4 is 10.2 Å². The number of para-hydroxylation sites is 1. The zero-order valence-corrected chi connectivity index (χ0v) is 12.4. The summed E-state index contributed by atoms with van der Waals surface area (Å²) < 4.78 is 0. The minimum Gasteiger partial charge on any atom is -0.369 e. The molecule has 1 spiro atoms. The van der Waals surface area contributed by atoms with Crippen LogP contribution in [0.5, 0.6) is 0 Å². The van der Waals surface area contributed by atoms with Gasteiger partial charge in [-0.2, -0.15) is 0 Å². The van der Waals surface area contributed by atoms with Gasteiger partial charge in [0.25, 0.3) is 0 Å². The van der Waals surface area contributed by atoms with Crippen molar-refractivity contribution in [2.45, 2.75) is 57.0 Å². The second-order valence-corrected chi connectivity index (χ2v) is 7.15. The van der Waals surface area contributed by atoms with E-state index in [9.17, 15) is 0 Å². The molecule has 1 aliphatic heterocycles. The highest BCUT2D eigenvalue weighted by atomic mass is 15.2. The molecule has 1 aromatic carbocycles. The Kier molecular flexibility index (Phi) is 3.22. The third-order valence-electron chi connectivity index (χ3n) is 5.47. The summed E-state index contributed by atoms with van der Waals surface area (Å²) in [5, 5.41) is 3.94. The molecule has 4 rings (SSSR count). The Balaban J connectivity index is 1.64. The van der Waals surface area contributed by atoms with E-state index in [1.54, 1.807) is 0 Å². The molecule has 0 bridgehead atoms. The topological polar surface area (TPSA) is 15.3 Å². The highest BCUT2D eigenvalue weighted by Crippen LogP contribution is 2.37. The van der Waals surface area contributed by atoms with Crippen molar-refractivity contribution in [3.8, 4) is 0 Å². The van der Waals surface area contributed by atoms with Crippen LogP contribution >= 0.6 is 0 Å². The lowest BCUT2D eigenvalue weighted by Gasteiger charge is -2.40. The van der Waals surface area contributed by atoms with Crippen LogP contribution in [0.2, 0.25) is 0 Å². The first-order valence-corrected chi connectivity index (χ1v) is 8.43. The number of benzene rings is 1. The number of hydrogen-bond donors (Lipinski definition) is 1. The van der Waals surface area contributed by atoms with Gasteiger partial charge < -0.3 is 10.2 Å². The molecule has 0 atom stereocenters. The van der Waals surface area contributed by atoms with E-state index in [4.69, 9.17) is 0 Å². The average Bonchev–Trinajstić information content (AvgIpc) is 3.30. The number of fused-ring (bicyclic) bond motifs is 1. The summed E-state index contributed by atoms with van der Waals surface area (Å²) in [5.41, 5.74) is 3.37. The summed E-state index contributed by atoms with van der Waals surface area (Å²) >= 11 is 0. The van der Waals surface area contributed by atoms with Crippen molar-refractivity contribution in [2.75, 3.05) is 18.0 Å². The first-order chi connectivity index (χ1) is 9.85. The molecule has 0 amide bonds. The Morgan fingerprint density at radius 2 is 1.90 bits per heavy atom. The molecular formula is C18H26N2. The van der Waals surface area contributed by atoms with E-state index in [-0.39, 0.29) is 0 Å². The van der Waals surface area contributed by atoms with Gasteiger partial charge in [-0.05, 0) is 43.2 Å². The van der Waals surface area contributed by atoms with Crippen molar-refractivity contribution in [1.29, 1.82) is 0 Å². The number of anilines is 1. The smallest absolute Gasteiger partial charge is 0.0412 e. The summed E-state index contributed by atoms with van der Waals surface area (Å²) in [6, 6.07) is 9.04. The number of nitrogens with zero attached hydrogens (tertiary/aromatic N) is 1. The molecule has 20 heavy (non-hydrogen) atoms. The Morgan fingerprint density at radius 1 is 1.10 bits per heavy atom. The summed E-state index contributed by atoms with van der Waals surface area (Å²) in [5.74, 6) is 0.960. The van der Waals surface area contributed by atoms with Gasteiger partial charge in [0.15, 0.2) is 0 Å². The lowest BCUT2D eigenvalue weighted by molar-refractivity contribution is 0.236. The van der Waals surface area contributed by atoms with Crippen LogP contribution in [-0.4, -0.2) is 18.6 Å². The number of nitrogens with one attached hydrogen (secondary N) is 1. The average molecular weight is 270 g/mol. The van der Waals surface area contributed by atoms with Crippen molar-refractivity contribution >= 4 is 5.69 Å². The molecule has 2 saturated carbocycles. The van der Waals surface area contributed by atoms with E-state index in [0.717, 1.165) is 12.5 Å². The standard InChI is InChI=1S/C18H26N2/c1-4-10-18(11-5-1)14-20(13-15-8-9-15)17-7-3-2-6-16(17)12-19-18/h2-3,6-7,15,19H,1,4-5,8-14H2. The minimum atomic E-state index is 0.381. The van der Waals surface area contributed by atoms with E-state index in [0.29, 0.717) is 5.54 Å². The molecule has 2 aliphatic carbocycles. The van der Waals surface area contributed by atoms with Crippen LogP contribution in [0.25, 0.3) is 0 Å². The molecule has 0 unspecified atom stereocenters. The van der Waals surface area contributed by atoms with Crippen LogP contribution in [-0.2, 0) is 6.54 Å². The summed E-state index contributed by atoms with van der Waals surface area (Å²) in [7, 11) is 0. The van der Waals surface area contributed by atoms with Gasteiger partial charge >= 0.3 is 0 Å². The molecule has 1 heterocycles. The first kappa shape index (κ1) is 12.7. The molecular weight excluding hydrogens is 244 g/mol. The van der Waals surface area contributed by atoms with Gasteiger partial charge in [0.1, 0.15) is 0 Å². The van der Waals surface area contributed by atoms with Crippen molar-refractivity contribution < 1.29 is 0 Å². The Hall–Kier alpha value is -1.02. The quantitative estimate of drug-likeness (QED) is 0.881. The molecule has 1 N–H and O–H groups in total. The summed E-state index contributed by atoms with van der Waals surface area (Å²) in [6.45, 7) is 3.55. The van der Waals surface area contributed by atoms with Crippen LogP contribution in [0.3, 0.4) is 0 Å². The Morgan fingerprint density at radius 3 is 2.70 bits per heavy atom. The molecule has 2 fully saturated rings. The summed E-state index contributed by atoms with van der Waals surface area (Å²) in [6.07, 6.45) is 9.85. The molecule has 3 aliphatic rings. The fourth-order valence-corrected chi connectivity index (χ4v) is 4.10. The third-order valence-corrected chi connectivity index (χ3v) is 5.47. The van der Waals surface area contributed by atoms with E-state index in [1.165, 1.54) is 69.3 Å². The summed E-state index contributed by atoms with van der Waals surface area (Å²) in [4.78, 5) is 2.71. The van der Waals surface area contributed by atoms with E-state index in [2.05, 4.69) is 34.5 Å². The van der Waals surface area contributed by atoms with Crippen molar-refractivity contribution in [3.63, 3.8) is 0 Å². The molecule has 2 heteroatoms. The predicted octanol–water partition coefficient (Wildman–Crippen LogP) is 3.71. The lowest BCUT2D eigenvalue weighted by Crippen LogP contribution is -2.53. The van der Waals surface area contributed by atoms with E-state index >= 15 is 0 Å². The van der Waals surface area contributed by atoms with Gasteiger partial charge in [-0.25, -0.2) is 0 Å². The number of hydrogen-bond acceptors (Lipinski definition) is 2. The Bertz CT molecular complexity index is 472. The molecule has 0 saturated heterocycles. The maximum absolute atomic E-state index is 3.94. The van der Waals surface area contributed by atoms with Gasteiger partial charge in [-0.3, -0.25) is 0 Å². The third kappa shape index (κ3) is 2.46. The monoisotopic (exact) mass is 270 g/mol. The zero-order valence-electron chi connectivity index (χ0n) is 12.4. The van der Waals surface area contributed by atoms with E-state index in [1.807, 2.05) is 0 Å². The lowest BCUT2D eigenvalue weighted by atomic mass is 9.81. The number of rotatable bonds is 2. The maximum atomic E-state index is 3.94. The van der Waals surface area contributed by atoms with Crippen molar-refractivity contribution in [3.05, 3.63) is 29.8 Å². The maximum Gasteiger partial charge on any atom is 0.0412 e. The van der Waals surface area contributed by atoms with E-state index < -0.39 is 0 Å². The van der Waals surface area contributed by atoms with Crippen LogP contribution in [0.4, 0.5) is 5.69 Å². The van der Waals surface area contributed by atoms with Gasteiger partial charge in [-0.1, -0.05) is 37.5 Å². The first-order valence-electron chi connectivity index (χ1n) is 8.43. The fraction of sp³-hybridized carbons (Fsp3) is 0.667. The minimum absolute atomic E-state index is 0.381. The normalized spacial score (nSPS) is 25.3. The van der Waals surface area contributed by atoms with Gasteiger partial charge in [-0.15, -0.1) is 0 Å². The Labute approximate surface area is 122 Å². The fourth-order valence-electron chi connectivity index (χ4n) is 4.10. The largest absolute Gasteiger partial charge is 0.369 e. The SMILES string of the molecule is c1ccc2c(c1)CNC1(CCCCC1)CN2CC1CC1. The molecule has 108 valence electrons. The second-order valence-electron chi connectivity index (χ2n) is 7.15. The second kappa shape index (κ2) is 5.07. The van der Waals surface area contributed by atoms with Crippen LogP contribution in [0.15, 0.2) is 24.3 Å². The van der Waals surface area contributed by atoms with Gasteiger partial charge in [0.05, 0.1) is 0 Å². The van der Waals surface area contributed by atoms with Gasteiger partial charge in [0.2, 0.25) is 0 Å². The molecule has 1 aromatic rings. The van der Waals surface area contributed by atoms with Crippen LogP contribution in [0.1, 0.15) is 50.5 Å². The van der Waals surface area contributed by atoms with Gasteiger partial charge in [0, 0.05) is 30.9 Å². The highest BCUT2D eigenvalue weighted by Gasteiger charge is 2.37. The molecule has 0 aromatic heterocycles. The molecule has 2 nitrogen and oxygen atoms in total. The van der Waals surface area contributed by atoms with Crippen molar-refractivity contribution in [1.82, 2.24) is 5.32 Å². The van der Waals surface area contributed by atoms with Crippen molar-refractivity contribution in [2.24, 2.45) is 5.92 Å². The molecule has 0 radical (unpaired) electrons. The zero-order chi connectivity index (χ0) is 13.4. The highest BCUT2D eigenvalue weighted by molar-refractivity contribution is 5.55. The van der Waals surface area contributed by atoms with Crippen LogP contribution in [0, 0.1) is 5.92 Å².